The van der Waals surface area contributed by atoms with Gasteiger partial charge >= 0.3 is 0 Å². The molecule has 1 aromatic carbocycles. The van der Waals surface area contributed by atoms with Gasteiger partial charge in [0.2, 0.25) is 0 Å². The van der Waals surface area contributed by atoms with E-state index in [1.807, 2.05) is 18.2 Å². The van der Waals surface area contributed by atoms with Crippen molar-refractivity contribution in [2.75, 3.05) is 6.54 Å². The van der Waals surface area contributed by atoms with E-state index >= 15 is 0 Å². The van der Waals surface area contributed by atoms with Crippen LogP contribution >= 0.6 is 11.6 Å². The third-order valence-corrected chi connectivity index (χ3v) is 2.83. The van der Waals surface area contributed by atoms with Crippen molar-refractivity contribution in [3.63, 3.8) is 0 Å². The fraction of sp³-hybridized carbons (Fsp3) is 0.467. The minimum absolute atomic E-state index is 0.818. The number of hydrogen-bond acceptors (Lipinski definition) is 1. The Balaban J connectivity index is 0.000000342. The van der Waals surface area contributed by atoms with Crippen molar-refractivity contribution < 1.29 is 0 Å². The number of benzene rings is 1. The summed E-state index contributed by atoms with van der Waals surface area (Å²) in [6.45, 7) is 7.17. The van der Waals surface area contributed by atoms with Gasteiger partial charge in [-0.1, -0.05) is 37.4 Å². The van der Waals surface area contributed by atoms with E-state index in [1.165, 1.54) is 36.6 Å². The molecular weight excluding hydrogens is 258 g/mol. The van der Waals surface area contributed by atoms with Crippen molar-refractivity contribution in [1.82, 2.24) is 0 Å². The van der Waals surface area contributed by atoms with E-state index in [0.717, 1.165) is 18.0 Å². The second kappa shape index (κ2) is 11.7. The van der Waals surface area contributed by atoms with Crippen molar-refractivity contribution >= 4 is 24.3 Å². The molecule has 0 aliphatic heterocycles. The minimum Gasteiger partial charge on any atom is -0.390 e. The van der Waals surface area contributed by atoms with Gasteiger partial charge in [-0.3, -0.25) is 4.99 Å². The van der Waals surface area contributed by atoms with Crippen LogP contribution in [-0.4, -0.2) is 19.2 Å². The van der Waals surface area contributed by atoms with Gasteiger partial charge in [0.25, 0.3) is 0 Å². The highest BCUT2D eigenvalue weighted by molar-refractivity contribution is 6.30. The van der Waals surface area contributed by atoms with Gasteiger partial charge in [-0.15, -0.1) is 0 Å². The zero-order valence-corrected chi connectivity index (χ0v) is 12.8. The van der Waals surface area contributed by atoms with E-state index < -0.39 is 0 Å². The molecule has 0 aromatic heterocycles. The Morgan fingerprint density at radius 1 is 1.21 bits per heavy atom. The van der Waals surface area contributed by atoms with E-state index in [1.54, 1.807) is 0 Å². The molecule has 3 nitrogen and oxygen atoms in total. The molecule has 0 radical (unpaired) electrons. The van der Waals surface area contributed by atoms with Crippen LogP contribution in [0, 0.1) is 13.8 Å². The van der Waals surface area contributed by atoms with Gasteiger partial charge in [0.15, 0.2) is 0 Å². The lowest BCUT2D eigenvalue weighted by Gasteiger charge is -1.97. The number of unbranched alkanes of at least 4 members (excludes halogenated alkanes) is 2. The number of hydrogen-bond donors (Lipinski definition) is 1. The third kappa shape index (κ3) is 10.3. The molecule has 0 heterocycles. The van der Waals surface area contributed by atoms with E-state index in [2.05, 4.69) is 30.8 Å². The number of nitrogens with zero attached hydrogens (tertiary/aromatic N) is 2. The average Bonchev–Trinajstić information content (AvgIpc) is 2.39. The topological polar surface area (TPSA) is 50.7 Å². The van der Waals surface area contributed by atoms with Crippen molar-refractivity contribution in [2.45, 2.75) is 40.0 Å². The molecule has 106 valence electrons. The molecule has 0 fully saturated rings. The molecule has 1 aromatic rings. The predicted octanol–water partition coefficient (Wildman–Crippen LogP) is 4.15. The fourth-order valence-corrected chi connectivity index (χ4v) is 1.53. The summed E-state index contributed by atoms with van der Waals surface area (Å²) in [5.41, 5.74) is 7.53. The van der Waals surface area contributed by atoms with Gasteiger partial charge in [-0.25, -0.2) is 4.99 Å². The first-order chi connectivity index (χ1) is 9.11. The second-order valence-electron chi connectivity index (χ2n) is 4.26. The molecule has 4 heteroatoms. The molecular formula is C15H24ClN3. The molecule has 0 unspecified atom stereocenters. The Hall–Kier alpha value is -1.35. The molecule has 0 spiro atoms. The lowest BCUT2D eigenvalue weighted by molar-refractivity contribution is 0.729. The lowest BCUT2D eigenvalue weighted by atomic mass is 10.1. The first-order valence-electron chi connectivity index (χ1n) is 6.56. The molecule has 0 saturated carbocycles. The summed E-state index contributed by atoms with van der Waals surface area (Å²) in [7, 11) is 0. The highest BCUT2D eigenvalue weighted by Gasteiger charge is 1.90. The van der Waals surface area contributed by atoms with Gasteiger partial charge in [0, 0.05) is 11.6 Å². The zero-order valence-electron chi connectivity index (χ0n) is 12.1. The summed E-state index contributed by atoms with van der Waals surface area (Å²) in [5.74, 6) is 0. The van der Waals surface area contributed by atoms with Gasteiger partial charge in [0.1, 0.15) is 6.34 Å². The molecule has 0 atom stereocenters. The van der Waals surface area contributed by atoms with E-state index in [0.29, 0.717) is 0 Å². The lowest BCUT2D eigenvalue weighted by Crippen LogP contribution is -1.88. The largest absolute Gasteiger partial charge is 0.390 e. The van der Waals surface area contributed by atoms with Gasteiger partial charge in [0.05, 0.1) is 6.34 Å². The summed E-state index contributed by atoms with van der Waals surface area (Å²) in [5, 5.41) is 0.818. The van der Waals surface area contributed by atoms with Crippen LogP contribution in [0.2, 0.25) is 5.02 Å². The zero-order chi connectivity index (χ0) is 14.5. The average molecular weight is 282 g/mol. The number of rotatable bonds is 5. The summed E-state index contributed by atoms with van der Waals surface area (Å²) >= 11 is 5.72. The Morgan fingerprint density at radius 3 is 2.47 bits per heavy atom. The minimum atomic E-state index is 0.818. The number of aliphatic imine (C=N–C) groups is 2. The summed E-state index contributed by atoms with van der Waals surface area (Å²) < 4.78 is 0. The van der Waals surface area contributed by atoms with Crippen LogP contribution < -0.4 is 5.73 Å². The van der Waals surface area contributed by atoms with Gasteiger partial charge in [-0.2, -0.15) is 0 Å². The monoisotopic (exact) mass is 281 g/mol. The molecule has 0 aliphatic carbocycles. The standard InChI is InChI=1S/C8H9Cl.C7H15N3/c1-6-3-4-8(9)5-7(6)2;1-2-3-4-5-9-7-10-6-8/h3-5H,1-2H3;6-7H,2-5H2,1H3,(H2,8,9,10). The Morgan fingerprint density at radius 2 is 1.95 bits per heavy atom. The molecule has 2 N–H and O–H groups in total. The molecule has 0 bridgehead atoms. The van der Waals surface area contributed by atoms with Crippen LogP contribution in [0.15, 0.2) is 28.2 Å². The van der Waals surface area contributed by atoms with Crippen molar-refractivity contribution in [3.05, 3.63) is 34.3 Å². The Kier molecular flexibility index (Phi) is 10.9. The second-order valence-corrected chi connectivity index (χ2v) is 4.69. The van der Waals surface area contributed by atoms with Gasteiger partial charge < -0.3 is 5.73 Å². The molecule has 0 saturated heterocycles. The summed E-state index contributed by atoms with van der Waals surface area (Å²) in [4.78, 5) is 7.63. The normalized spacial score (nSPS) is 10.7. The van der Waals surface area contributed by atoms with Crippen LogP contribution in [0.1, 0.15) is 37.3 Å². The van der Waals surface area contributed by atoms with Crippen LogP contribution in [0.25, 0.3) is 0 Å². The number of aryl methyl sites for hydroxylation is 2. The Bertz CT molecular complexity index is 400. The first-order valence-corrected chi connectivity index (χ1v) is 6.94. The van der Waals surface area contributed by atoms with Crippen LogP contribution in [0.4, 0.5) is 0 Å². The maximum atomic E-state index is 5.72. The van der Waals surface area contributed by atoms with E-state index in [9.17, 15) is 0 Å². The van der Waals surface area contributed by atoms with Crippen LogP contribution in [0.3, 0.4) is 0 Å². The third-order valence-electron chi connectivity index (χ3n) is 2.59. The molecule has 19 heavy (non-hydrogen) atoms. The molecule has 1 rings (SSSR count). The maximum absolute atomic E-state index is 5.72. The van der Waals surface area contributed by atoms with Crippen molar-refractivity contribution in [1.29, 1.82) is 0 Å². The fourth-order valence-electron chi connectivity index (χ4n) is 1.30. The van der Waals surface area contributed by atoms with Gasteiger partial charge in [-0.05, 0) is 43.5 Å². The summed E-state index contributed by atoms with van der Waals surface area (Å²) in [6.07, 6.45) is 6.35. The van der Waals surface area contributed by atoms with Crippen molar-refractivity contribution in [2.24, 2.45) is 15.7 Å². The van der Waals surface area contributed by atoms with Crippen LogP contribution in [0.5, 0.6) is 0 Å². The molecule has 0 amide bonds. The van der Waals surface area contributed by atoms with E-state index in [4.69, 9.17) is 17.3 Å². The highest BCUT2D eigenvalue weighted by Crippen LogP contribution is 2.13. The van der Waals surface area contributed by atoms with Crippen molar-refractivity contribution in [3.8, 4) is 0 Å². The predicted molar refractivity (Wildman–Crippen MR) is 86.5 cm³/mol. The quantitative estimate of drug-likeness (QED) is 0.492. The summed E-state index contributed by atoms with van der Waals surface area (Å²) in [6, 6.07) is 5.90. The number of halogens is 1. The number of nitrogens with two attached hydrogens (primary N) is 1. The highest BCUT2D eigenvalue weighted by atomic mass is 35.5. The van der Waals surface area contributed by atoms with Crippen LogP contribution in [-0.2, 0) is 0 Å². The Labute approximate surface area is 121 Å². The smallest absolute Gasteiger partial charge is 0.111 e. The van der Waals surface area contributed by atoms with E-state index in [-0.39, 0.29) is 0 Å². The maximum Gasteiger partial charge on any atom is 0.111 e. The molecule has 0 aliphatic rings. The first kappa shape index (κ1) is 17.6. The SMILES string of the molecule is CCCCCN=CN=CN.Cc1ccc(Cl)cc1C.